The van der Waals surface area contributed by atoms with Crippen LogP contribution in [0.5, 0.6) is 5.75 Å². The van der Waals surface area contributed by atoms with Crippen LogP contribution in [-0.2, 0) is 11.2 Å². The predicted octanol–water partition coefficient (Wildman–Crippen LogP) is 3.81. The molecule has 0 aliphatic heterocycles. The summed E-state index contributed by atoms with van der Waals surface area (Å²) in [6.07, 6.45) is 0.343. The molecule has 4 heteroatoms. The van der Waals surface area contributed by atoms with Gasteiger partial charge >= 0.3 is 0 Å². The van der Waals surface area contributed by atoms with Gasteiger partial charge < -0.3 is 10.0 Å². The molecule has 2 aromatic rings. The van der Waals surface area contributed by atoms with Crippen LogP contribution in [-0.4, -0.2) is 23.0 Å². The average molecular weight is 304 g/mol. The van der Waals surface area contributed by atoms with Crippen LogP contribution in [0, 0.1) is 0 Å². The summed E-state index contributed by atoms with van der Waals surface area (Å²) in [6, 6.07) is 14.1. The van der Waals surface area contributed by atoms with E-state index in [1.54, 1.807) is 36.2 Å². The maximum atomic E-state index is 12.3. The summed E-state index contributed by atoms with van der Waals surface area (Å²) < 4.78 is 0. The summed E-state index contributed by atoms with van der Waals surface area (Å²) in [5.41, 5.74) is 1.92. The number of carbonyl (C=O) groups is 1. The number of hydrogen-bond donors (Lipinski definition) is 1. The summed E-state index contributed by atoms with van der Waals surface area (Å²) in [4.78, 5) is 14.0. The molecule has 2 aromatic carbocycles. The van der Waals surface area contributed by atoms with Crippen molar-refractivity contribution >= 4 is 17.5 Å². The van der Waals surface area contributed by atoms with Gasteiger partial charge in [-0.2, -0.15) is 0 Å². The number of halogens is 1. The van der Waals surface area contributed by atoms with Crippen LogP contribution in [0.1, 0.15) is 24.1 Å². The maximum Gasteiger partial charge on any atom is 0.227 e. The molecule has 1 atom stereocenters. The highest BCUT2D eigenvalue weighted by atomic mass is 35.5. The zero-order chi connectivity index (χ0) is 15.4. The van der Waals surface area contributed by atoms with Gasteiger partial charge in [-0.3, -0.25) is 4.79 Å². The van der Waals surface area contributed by atoms with E-state index in [4.69, 9.17) is 11.6 Å². The molecule has 0 spiro atoms. The molecule has 1 unspecified atom stereocenters. The summed E-state index contributed by atoms with van der Waals surface area (Å²) in [7, 11) is 1.79. The van der Waals surface area contributed by atoms with Gasteiger partial charge in [-0.1, -0.05) is 35.9 Å². The molecule has 0 fully saturated rings. The first-order valence-corrected chi connectivity index (χ1v) is 7.14. The minimum absolute atomic E-state index is 0.0397. The van der Waals surface area contributed by atoms with Crippen LogP contribution in [0.2, 0.25) is 5.02 Å². The second kappa shape index (κ2) is 6.64. The lowest BCUT2D eigenvalue weighted by atomic mass is 10.1. The maximum absolute atomic E-state index is 12.3. The van der Waals surface area contributed by atoms with Crippen LogP contribution in [0.25, 0.3) is 0 Å². The van der Waals surface area contributed by atoms with E-state index in [9.17, 15) is 9.90 Å². The molecular weight excluding hydrogens is 286 g/mol. The Morgan fingerprint density at radius 1 is 1.14 bits per heavy atom. The number of phenolic OH excluding ortho intramolecular Hbond substituents is 1. The van der Waals surface area contributed by atoms with Crippen molar-refractivity contribution < 1.29 is 9.90 Å². The topological polar surface area (TPSA) is 40.5 Å². The third kappa shape index (κ3) is 3.99. The standard InChI is InChI=1S/C17H18ClNO2/c1-12(14-5-9-16(20)10-6-14)19(2)17(21)11-13-3-7-15(18)8-4-13/h3-10,12,20H,11H2,1-2H3. The zero-order valence-corrected chi connectivity index (χ0v) is 12.8. The molecule has 0 saturated carbocycles. The van der Waals surface area contributed by atoms with Gasteiger partial charge in [-0.15, -0.1) is 0 Å². The third-order valence-electron chi connectivity index (χ3n) is 3.62. The van der Waals surface area contributed by atoms with Crippen molar-refractivity contribution in [2.24, 2.45) is 0 Å². The van der Waals surface area contributed by atoms with E-state index >= 15 is 0 Å². The van der Waals surface area contributed by atoms with Gasteiger partial charge in [-0.25, -0.2) is 0 Å². The van der Waals surface area contributed by atoms with Crippen LogP contribution in [0.3, 0.4) is 0 Å². The van der Waals surface area contributed by atoms with Gasteiger partial charge in [0.05, 0.1) is 12.5 Å². The predicted molar refractivity (Wildman–Crippen MR) is 84.4 cm³/mol. The van der Waals surface area contributed by atoms with Crippen molar-refractivity contribution in [3.8, 4) is 5.75 Å². The fourth-order valence-electron chi connectivity index (χ4n) is 2.09. The first-order valence-electron chi connectivity index (χ1n) is 6.76. The molecule has 2 rings (SSSR count). The number of benzene rings is 2. The van der Waals surface area contributed by atoms with Crippen molar-refractivity contribution in [2.75, 3.05) is 7.05 Å². The number of rotatable bonds is 4. The molecule has 1 N–H and O–H groups in total. The normalized spacial score (nSPS) is 12.0. The highest BCUT2D eigenvalue weighted by Gasteiger charge is 2.17. The molecule has 0 radical (unpaired) electrons. The lowest BCUT2D eigenvalue weighted by molar-refractivity contribution is -0.131. The van der Waals surface area contributed by atoms with Crippen molar-refractivity contribution in [2.45, 2.75) is 19.4 Å². The van der Waals surface area contributed by atoms with Crippen LogP contribution in [0.15, 0.2) is 48.5 Å². The Morgan fingerprint density at radius 2 is 1.71 bits per heavy atom. The molecule has 3 nitrogen and oxygen atoms in total. The number of amides is 1. The second-order valence-electron chi connectivity index (χ2n) is 5.08. The van der Waals surface area contributed by atoms with E-state index in [1.807, 2.05) is 31.2 Å². The van der Waals surface area contributed by atoms with E-state index in [0.717, 1.165) is 11.1 Å². The van der Waals surface area contributed by atoms with Crippen molar-refractivity contribution in [3.05, 3.63) is 64.7 Å². The first kappa shape index (κ1) is 15.4. The van der Waals surface area contributed by atoms with E-state index in [0.29, 0.717) is 11.4 Å². The molecule has 0 aromatic heterocycles. The summed E-state index contributed by atoms with van der Waals surface area (Å²) in [6.45, 7) is 1.96. The molecule has 0 aliphatic rings. The van der Waals surface area contributed by atoms with E-state index in [1.165, 1.54) is 0 Å². The van der Waals surface area contributed by atoms with Crippen molar-refractivity contribution in [3.63, 3.8) is 0 Å². The third-order valence-corrected chi connectivity index (χ3v) is 3.87. The Kier molecular flexibility index (Phi) is 4.86. The van der Waals surface area contributed by atoms with E-state index < -0.39 is 0 Å². The first-order chi connectivity index (χ1) is 9.97. The fourth-order valence-corrected chi connectivity index (χ4v) is 2.22. The summed E-state index contributed by atoms with van der Waals surface area (Å²) >= 11 is 5.84. The van der Waals surface area contributed by atoms with Crippen LogP contribution in [0.4, 0.5) is 0 Å². The van der Waals surface area contributed by atoms with Gasteiger partial charge in [0, 0.05) is 12.1 Å². The van der Waals surface area contributed by atoms with Crippen molar-refractivity contribution in [1.82, 2.24) is 4.90 Å². The van der Waals surface area contributed by atoms with Crippen LogP contribution < -0.4 is 0 Å². The molecule has 0 saturated heterocycles. The summed E-state index contributed by atoms with van der Waals surface area (Å²) in [5.74, 6) is 0.263. The smallest absolute Gasteiger partial charge is 0.227 e. The van der Waals surface area contributed by atoms with Gasteiger partial charge in [0.15, 0.2) is 0 Å². The molecular formula is C17H18ClNO2. The molecule has 110 valence electrons. The van der Waals surface area contributed by atoms with Crippen LogP contribution >= 0.6 is 11.6 Å². The number of phenols is 1. The lowest BCUT2D eigenvalue weighted by Gasteiger charge is -2.25. The second-order valence-corrected chi connectivity index (χ2v) is 5.51. The largest absolute Gasteiger partial charge is 0.508 e. The van der Waals surface area contributed by atoms with E-state index in [-0.39, 0.29) is 17.7 Å². The lowest BCUT2D eigenvalue weighted by Crippen LogP contribution is -2.30. The van der Waals surface area contributed by atoms with E-state index in [2.05, 4.69) is 0 Å². The Labute approximate surface area is 129 Å². The monoisotopic (exact) mass is 303 g/mol. The highest BCUT2D eigenvalue weighted by molar-refractivity contribution is 6.30. The number of likely N-dealkylation sites (N-methyl/N-ethyl adjacent to an activating group) is 1. The number of aromatic hydroxyl groups is 1. The fraction of sp³-hybridized carbons (Fsp3) is 0.235. The zero-order valence-electron chi connectivity index (χ0n) is 12.1. The van der Waals surface area contributed by atoms with Gasteiger partial charge in [-0.05, 0) is 42.3 Å². The Morgan fingerprint density at radius 3 is 2.29 bits per heavy atom. The summed E-state index contributed by atoms with van der Waals surface area (Å²) in [5, 5.41) is 9.98. The SMILES string of the molecule is CC(c1ccc(O)cc1)N(C)C(=O)Cc1ccc(Cl)cc1. The minimum atomic E-state index is -0.0506. The molecule has 0 heterocycles. The Bertz CT molecular complexity index is 608. The molecule has 21 heavy (non-hydrogen) atoms. The number of hydrogen-bond acceptors (Lipinski definition) is 2. The van der Waals surface area contributed by atoms with Gasteiger partial charge in [0.2, 0.25) is 5.91 Å². The molecule has 0 bridgehead atoms. The molecule has 1 amide bonds. The van der Waals surface area contributed by atoms with Gasteiger partial charge in [0.1, 0.15) is 5.75 Å². The van der Waals surface area contributed by atoms with Crippen molar-refractivity contribution in [1.29, 1.82) is 0 Å². The number of carbonyl (C=O) groups excluding carboxylic acids is 1. The quantitative estimate of drug-likeness (QED) is 0.933. The van der Waals surface area contributed by atoms with Gasteiger partial charge in [0.25, 0.3) is 0 Å². The minimum Gasteiger partial charge on any atom is -0.508 e. The number of nitrogens with zero attached hydrogens (tertiary/aromatic N) is 1. The molecule has 0 aliphatic carbocycles. The average Bonchev–Trinajstić information content (AvgIpc) is 2.49. The Balaban J connectivity index is 2.04. The highest BCUT2D eigenvalue weighted by Crippen LogP contribution is 2.22. The Hall–Kier alpha value is -2.00.